The molecule has 6 heteroatoms. The van der Waals surface area contributed by atoms with Crippen molar-refractivity contribution in [3.05, 3.63) is 0 Å². The Bertz CT molecular complexity index is 368. The number of thioether (sulfide) groups is 1. The van der Waals surface area contributed by atoms with Gasteiger partial charge < -0.3 is 15.3 Å². The number of carboxylic acid groups (broad SMARTS) is 1. The number of carbonyl (C=O) groups excluding carboxylic acids is 1. The van der Waals surface area contributed by atoms with Gasteiger partial charge >= 0.3 is 12.0 Å². The van der Waals surface area contributed by atoms with E-state index < -0.39 is 11.9 Å². The van der Waals surface area contributed by atoms with Crippen LogP contribution < -0.4 is 5.32 Å². The van der Waals surface area contributed by atoms with Gasteiger partial charge in [-0.3, -0.25) is 4.79 Å². The number of hydrogen-bond donors (Lipinski definition) is 2. The molecule has 5 nitrogen and oxygen atoms in total. The van der Waals surface area contributed by atoms with E-state index in [1.165, 1.54) is 0 Å². The molecule has 0 radical (unpaired) electrons. The second-order valence-electron chi connectivity index (χ2n) is 6.83. The third-order valence-electron chi connectivity index (χ3n) is 3.59. The van der Waals surface area contributed by atoms with Crippen molar-refractivity contribution in [1.29, 1.82) is 0 Å². The highest BCUT2D eigenvalue weighted by Gasteiger charge is 2.27. The van der Waals surface area contributed by atoms with Crippen molar-refractivity contribution in [2.45, 2.75) is 45.8 Å². The fourth-order valence-electron chi connectivity index (χ4n) is 2.46. The van der Waals surface area contributed by atoms with Crippen LogP contribution in [0.1, 0.15) is 40.5 Å². The summed E-state index contributed by atoms with van der Waals surface area (Å²) in [7, 11) is 0. The number of nitrogens with one attached hydrogen (secondary N) is 1. The van der Waals surface area contributed by atoms with Gasteiger partial charge in [-0.15, -0.1) is 0 Å². The van der Waals surface area contributed by atoms with Crippen LogP contribution in [0.2, 0.25) is 0 Å². The lowest BCUT2D eigenvalue weighted by Gasteiger charge is -2.32. The lowest BCUT2D eigenvalue weighted by Crippen LogP contribution is -2.48. The van der Waals surface area contributed by atoms with Gasteiger partial charge in [0.25, 0.3) is 0 Å². The van der Waals surface area contributed by atoms with Crippen molar-refractivity contribution in [2.24, 2.45) is 11.3 Å². The van der Waals surface area contributed by atoms with E-state index in [2.05, 4.69) is 12.2 Å². The Hall–Kier alpha value is -0.910. The third-order valence-corrected chi connectivity index (χ3v) is 4.96. The first-order chi connectivity index (χ1) is 9.73. The van der Waals surface area contributed by atoms with Gasteiger partial charge in [-0.25, -0.2) is 4.79 Å². The van der Waals surface area contributed by atoms with Gasteiger partial charge in [0.2, 0.25) is 0 Å². The van der Waals surface area contributed by atoms with Crippen LogP contribution in [0.4, 0.5) is 4.79 Å². The molecule has 1 heterocycles. The SMILES string of the molecule is CCC1CN(C(=O)NCC(CC(C)(C)C)C(=O)O)CCS1. The molecule has 1 aliphatic rings. The molecule has 2 N–H and O–H groups in total. The summed E-state index contributed by atoms with van der Waals surface area (Å²) in [6.45, 7) is 9.86. The first-order valence-electron chi connectivity index (χ1n) is 7.60. The molecule has 0 spiro atoms. The van der Waals surface area contributed by atoms with Crippen molar-refractivity contribution in [3.8, 4) is 0 Å². The molecule has 2 atom stereocenters. The minimum absolute atomic E-state index is 0.0666. The maximum absolute atomic E-state index is 12.2. The molecular weight excluding hydrogens is 288 g/mol. The molecule has 0 aromatic heterocycles. The Labute approximate surface area is 131 Å². The molecule has 0 bridgehead atoms. The van der Waals surface area contributed by atoms with E-state index in [4.69, 9.17) is 0 Å². The second-order valence-corrected chi connectivity index (χ2v) is 8.24. The van der Waals surface area contributed by atoms with E-state index in [1.807, 2.05) is 32.5 Å². The summed E-state index contributed by atoms with van der Waals surface area (Å²) in [5.74, 6) is -0.419. The summed E-state index contributed by atoms with van der Waals surface area (Å²) in [4.78, 5) is 25.3. The Morgan fingerprint density at radius 3 is 2.62 bits per heavy atom. The van der Waals surface area contributed by atoms with Gasteiger partial charge in [0.1, 0.15) is 0 Å². The number of rotatable bonds is 5. The van der Waals surface area contributed by atoms with Gasteiger partial charge in [0.05, 0.1) is 5.92 Å². The Kier molecular flexibility index (Phi) is 6.84. The summed E-state index contributed by atoms with van der Waals surface area (Å²) < 4.78 is 0. The highest BCUT2D eigenvalue weighted by molar-refractivity contribution is 8.00. The van der Waals surface area contributed by atoms with Crippen molar-refractivity contribution in [3.63, 3.8) is 0 Å². The van der Waals surface area contributed by atoms with Gasteiger partial charge in [0.15, 0.2) is 0 Å². The lowest BCUT2D eigenvalue weighted by atomic mass is 9.84. The van der Waals surface area contributed by atoms with Crippen LogP contribution in [-0.4, -0.2) is 52.6 Å². The van der Waals surface area contributed by atoms with E-state index in [0.29, 0.717) is 11.7 Å². The largest absolute Gasteiger partial charge is 0.481 e. The highest BCUT2D eigenvalue weighted by atomic mass is 32.2. The van der Waals surface area contributed by atoms with Crippen LogP contribution in [0.3, 0.4) is 0 Å². The zero-order chi connectivity index (χ0) is 16.0. The van der Waals surface area contributed by atoms with E-state index >= 15 is 0 Å². The number of amides is 2. The van der Waals surface area contributed by atoms with E-state index in [0.717, 1.165) is 25.3 Å². The molecule has 1 saturated heterocycles. The average molecular weight is 316 g/mol. The summed E-state index contributed by atoms with van der Waals surface area (Å²) in [6, 6.07) is -0.131. The van der Waals surface area contributed by atoms with Crippen LogP contribution in [0.15, 0.2) is 0 Å². The maximum Gasteiger partial charge on any atom is 0.317 e. The average Bonchev–Trinajstić information content (AvgIpc) is 2.41. The molecule has 1 fully saturated rings. The zero-order valence-corrected chi connectivity index (χ0v) is 14.3. The first-order valence-corrected chi connectivity index (χ1v) is 8.65. The molecule has 0 aromatic carbocycles. The molecule has 1 rings (SSSR count). The fourth-order valence-corrected chi connectivity index (χ4v) is 3.64. The number of aliphatic carboxylic acids is 1. The van der Waals surface area contributed by atoms with Gasteiger partial charge in [-0.1, -0.05) is 27.7 Å². The topological polar surface area (TPSA) is 69.6 Å². The normalized spacial score (nSPS) is 21.0. The van der Waals surface area contributed by atoms with Crippen molar-refractivity contribution < 1.29 is 14.7 Å². The third kappa shape index (κ3) is 6.59. The predicted octanol–water partition coefficient (Wildman–Crippen LogP) is 2.66. The van der Waals surface area contributed by atoms with E-state index in [-0.39, 0.29) is 18.0 Å². The van der Waals surface area contributed by atoms with Crippen LogP contribution in [-0.2, 0) is 4.79 Å². The smallest absolute Gasteiger partial charge is 0.317 e. The molecule has 21 heavy (non-hydrogen) atoms. The van der Waals surface area contributed by atoms with Crippen molar-refractivity contribution >= 4 is 23.8 Å². The summed E-state index contributed by atoms with van der Waals surface area (Å²) in [5, 5.41) is 12.6. The molecule has 0 saturated carbocycles. The standard InChI is InChI=1S/C15H28N2O3S/c1-5-12-10-17(6-7-21-12)14(20)16-9-11(13(18)19)8-15(2,3)4/h11-12H,5-10H2,1-4H3,(H,16,20)(H,18,19). The van der Waals surface area contributed by atoms with Crippen LogP contribution in [0.5, 0.6) is 0 Å². The molecule has 122 valence electrons. The summed E-state index contributed by atoms with van der Waals surface area (Å²) >= 11 is 1.91. The number of carboxylic acids is 1. The zero-order valence-electron chi connectivity index (χ0n) is 13.5. The second kappa shape index (κ2) is 7.92. The minimum Gasteiger partial charge on any atom is -0.481 e. The summed E-state index contributed by atoms with van der Waals surface area (Å²) in [5.41, 5.74) is -0.0666. The van der Waals surface area contributed by atoms with Crippen LogP contribution >= 0.6 is 11.8 Å². The molecule has 0 aliphatic carbocycles. The number of nitrogens with zero attached hydrogens (tertiary/aromatic N) is 1. The van der Waals surface area contributed by atoms with E-state index in [9.17, 15) is 14.7 Å². The highest BCUT2D eigenvalue weighted by Crippen LogP contribution is 2.24. The van der Waals surface area contributed by atoms with Gasteiger partial charge in [0, 0.05) is 30.6 Å². The predicted molar refractivity (Wildman–Crippen MR) is 86.7 cm³/mol. The quantitative estimate of drug-likeness (QED) is 0.818. The number of carbonyl (C=O) groups is 2. The maximum atomic E-state index is 12.2. The fraction of sp³-hybridized carbons (Fsp3) is 0.867. The lowest BCUT2D eigenvalue weighted by molar-refractivity contribution is -0.142. The Morgan fingerprint density at radius 1 is 1.43 bits per heavy atom. The Morgan fingerprint density at radius 2 is 2.10 bits per heavy atom. The molecular formula is C15H28N2O3S. The van der Waals surface area contributed by atoms with Gasteiger partial charge in [-0.05, 0) is 18.3 Å². The molecule has 2 amide bonds. The molecule has 1 aliphatic heterocycles. The first kappa shape index (κ1) is 18.1. The molecule has 2 unspecified atom stereocenters. The Balaban J connectivity index is 2.47. The number of hydrogen-bond acceptors (Lipinski definition) is 3. The number of urea groups is 1. The van der Waals surface area contributed by atoms with Crippen molar-refractivity contribution in [1.82, 2.24) is 10.2 Å². The summed E-state index contributed by atoms with van der Waals surface area (Å²) in [6.07, 6.45) is 1.60. The van der Waals surface area contributed by atoms with Gasteiger partial charge in [-0.2, -0.15) is 11.8 Å². The van der Waals surface area contributed by atoms with E-state index in [1.54, 1.807) is 4.90 Å². The minimum atomic E-state index is -0.842. The monoisotopic (exact) mass is 316 g/mol. The van der Waals surface area contributed by atoms with Crippen molar-refractivity contribution in [2.75, 3.05) is 25.4 Å². The van der Waals surface area contributed by atoms with Crippen LogP contribution in [0.25, 0.3) is 0 Å². The molecule has 0 aromatic rings. The van der Waals surface area contributed by atoms with Crippen LogP contribution in [0, 0.1) is 11.3 Å².